The summed E-state index contributed by atoms with van der Waals surface area (Å²) < 4.78 is 0. The molecule has 2 aromatic rings. The van der Waals surface area contributed by atoms with E-state index >= 15 is 0 Å². The number of halogens is 1. The third-order valence-corrected chi connectivity index (χ3v) is 6.64. The minimum absolute atomic E-state index is 0.00196. The summed E-state index contributed by atoms with van der Waals surface area (Å²) in [5.74, 6) is 0.272. The Bertz CT molecular complexity index is 1010. The van der Waals surface area contributed by atoms with E-state index in [0.29, 0.717) is 24.0 Å². The zero-order chi connectivity index (χ0) is 25.4. The van der Waals surface area contributed by atoms with Gasteiger partial charge in [-0.3, -0.25) is 20.1 Å². The molecule has 0 saturated carbocycles. The fraction of sp³-hybridized carbons (Fsp3) is 0.538. The molecule has 1 aliphatic rings. The molecule has 0 spiro atoms. The summed E-state index contributed by atoms with van der Waals surface area (Å²) >= 11 is 6.28. The monoisotopic (exact) mass is 497 g/mol. The molecule has 0 unspecified atom stereocenters. The first-order valence-electron chi connectivity index (χ1n) is 12.4. The highest BCUT2D eigenvalue weighted by Gasteiger charge is 2.23. The van der Waals surface area contributed by atoms with Crippen molar-refractivity contribution in [2.45, 2.75) is 53.1 Å². The molecule has 0 bridgehead atoms. The number of nitrogens with one attached hydrogen (secondary N) is 1. The Labute approximate surface area is 213 Å². The van der Waals surface area contributed by atoms with E-state index in [-0.39, 0.29) is 22.7 Å². The number of nitrogens with zero attached hydrogens (tertiary/aromatic N) is 6. The second-order valence-electron chi connectivity index (χ2n) is 9.35. The molecule has 8 nitrogen and oxygen atoms in total. The molecule has 0 radical (unpaired) electrons. The van der Waals surface area contributed by atoms with Gasteiger partial charge in [0.25, 0.3) is 5.91 Å². The van der Waals surface area contributed by atoms with Crippen molar-refractivity contribution in [2.75, 3.05) is 37.7 Å². The van der Waals surface area contributed by atoms with Crippen molar-refractivity contribution in [3.8, 4) is 6.07 Å². The van der Waals surface area contributed by atoms with E-state index in [9.17, 15) is 4.79 Å². The van der Waals surface area contributed by atoms with Crippen LogP contribution in [0.1, 0.15) is 62.3 Å². The van der Waals surface area contributed by atoms with Crippen LogP contribution < -0.4 is 10.4 Å². The Balaban J connectivity index is 1.62. The van der Waals surface area contributed by atoms with Gasteiger partial charge in [0, 0.05) is 24.7 Å². The van der Waals surface area contributed by atoms with Crippen molar-refractivity contribution in [3.63, 3.8) is 0 Å². The van der Waals surface area contributed by atoms with Gasteiger partial charge >= 0.3 is 0 Å². The molecule has 2 heterocycles. The van der Waals surface area contributed by atoms with Gasteiger partial charge in [0.15, 0.2) is 5.82 Å². The number of hydrazine groups is 1. The lowest BCUT2D eigenvalue weighted by Gasteiger charge is -2.37. The number of nitriles is 1. The maximum atomic E-state index is 13.0. The fourth-order valence-electron chi connectivity index (χ4n) is 4.54. The summed E-state index contributed by atoms with van der Waals surface area (Å²) in [6.45, 7) is 14.3. The number of hydrogen-bond donors (Lipinski definition) is 1. The van der Waals surface area contributed by atoms with Crippen LogP contribution >= 0.6 is 11.6 Å². The smallest absolute Gasteiger partial charge is 0.269 e. The standard InChI is InChI=1S/C26H36ClN7O/c1-5-33(6-2)22-11-13-32(14-12-22)18-20-7-9-21(10-8-20)26(35)31-34(17-19(3)4)25-23(27)16-29-24(15-28)30-25/h7-10,16,19,22H,5-6,11-14,17-18H2,1-4H3,(H,31,35). The zero-order valence-electron chi connectivity index (χ0n) is 21.2. The summed E-state index contributed by atoms with van der Waals surface area (Å²) in [6.07, 6.45) is 3.78. The summed E-state index contributed by atoms with van der Waals surface area (Å²) in [5, 5.41) is 11.0. The van der Waals surface area contributed by atoms with Crippen LogP contribution in [0.5, 0.6) is 0 Å². The van der Waals surface area contributed by atoms with E-state index < -0.39 is 0 Å². The molecule has 1 amide bonds. The lowest BCUT2D eigenvalue weighted by molar-refractivity contribution is 0.0947. The van der Waals surface area contributed by atoms with E-state index in [1.54, 1.807) is 5.01 Å². The molecule has 1 aromatic heterocycles. The number of anilines is 1. The third kappa shape index (κ3) is 7.38. The number of rotatable bonds is 10. The fourth-order valence-corrected chi connectivity index (χ4v) is 4.73. The maximum Gasteiger partial charge on any atom is 0.269 e. The SMILES string of the molecule is CCN(CC)C1CCN(Cc2ccc(C(=O)NN(CC(C)C)c3nc(C#N)ncc3Cl)cc2)CC1. The first-order valence-corrected chi connectivity index (χ1v) is 12.8. The molecular weight excluding hydrogens is 462 g/mol. The Kier molecular flexibility index (Phi) is 9.84. The van der Waals surface area contributed by atoms with Crippen molar-refractivity contribution in [1.29, 1.82) is 5.26 Å². The number of likely N-dealkylation sites (tertiary alicyclic amines) is 1. The van der Waals surface area contributed by atoms with Crippen molar-refractivity contribution in [3.05, 3.63) is 52.4 Å². The van der Waals surface area contributed by atoms with Gasteiger partial charge < -0.3 is 4.90 Å². The van der Waals surface area contributed by atoms with Crippen molar-refractivity contribution < 1.29 is 4.79 Å². The summed E-state index contributed by atoms with van der Waals surface area (Å²) in [4.78, 5) is 26.1. The molecule has 1 aliphatic heterocycles. The second-order valence-corrected chi connectivity index (χ2v) is 9.75. The molecule has 3 rings (SSSR count). The van der Waals surface area contributed by atoms with Gasteiger partial charge in [-0.1, -0.05) is 51.4 Å². The molecule has 1 fully saturated rings. The van der Waals surface area contributed by atoms with Gasteiger partial charge in [0.1, 0.15) is 11.1 Å². The van der Waals surface area contributed by atoms with Gasteiger partial charge in [-0.2, -0.15) is 10.2 Å². The Morgan fingerprint density at radius 2 is 1.89 bits per heavy atom. The molecule has 9 heteroatoms. The summed E-state index contributed by atoms with van der Waals surface area (Å²) in [6, 6.07) is 10.3. The molecule has 0 atom stereocenters. The van der Waals surface area contributed by atoms with Crippen LogP contribution in [-0.2, 0) is 6.54 Å². The predicted molar refractivity (Wildman–Crippen MR) is 139 cm³/mol. The normalized spacial score (nSPS) is 14.8. The molecule has 1 N–H and O–H groups in total. The molecule has 1 aromatic carbocycles. The van der Waals surface area contributed by atoms with Crippen LogP contribution in [0.4, 0.5) is 5.82 Å². The van der Waals surface area contributed by atoms with Gasteiger partial charge in [-0.25, -0.2) is 4.98 Å². The number of piperidine rings is 1. The van der Waals surface area contributed by atoms with Crippen LogP contribution in [0.15, 0.2) is 30.5 Å². The number of carbonyl (C=O) groups is 1. The summed E-state index contributed by atoms with van der Waals surface area (Å²) in [7, 11) is 0. The predicted octanol–water partition coefficient (Wildman–Crippen LogP) is 4.12. The van der Waals surface area contributed by atoms with Crippen molar-refractivity contribution in [1.82, 2.24) is 25.2 Å². The van der Waals surface area contributed by atoms with Gasteiger partial charge in [0.2, 0.25) is 5.82 Å². The highest BCUT2D eigenvalue weighted by molar-refractivity contribution is 6.32. The minimum atomic E-state index is -0.259. The van der Waals surface area contributed by atoms with Crippen LogP contribution in [0.25, 0.3) is 0 Å². The lowest BCUT2D eigenvalue weighted by Crippen LogP contribution is -2.45. The van der Waals surface area contributed by atoms with Gasteiger partial charge in [0.05, 0.1) is 6.20 Å². The van der Waals surface area contributed by atoms with Crippen LogP contribution in [0.3, 0.4) is 0 Å². The maximum absolute atomic E-state index is 13.0. The first-order chi connectivity index (χ1) is 16.8. The molecule has 35 heavy (non-hydrogen) atoms. The topological polar surface area (TPSA) is 88.4 Å². The number of amides is 1. The van der Waals surface area contributed by atoms with E-state index in [2.05, 4.69) is 39.0 Å². The van der Waals surface area contributed by atoms with Crippen molar-refractivity contribution in [2.24, 2.45) is 5.92 Å². The lowest BCUT2D eigenvalue weighted by atomic mass is 10.0. The van der Waals surface area contributed by atoms with E-state index in [1.807, 2.05) is 44.2 Å². The van der Waals surface area contributed by atoms with Gasteiger partial charge in [-0.05, 0) is 62.6 Å². The van der Waals surface area contributed by atoms with E-state index in [4.69, 9.17) is 16.9 Å². The molecule has 1 saturated heterocycles. The van der Waals surface area contributed by atoms with E-state index in [1.165, 1.54) is 24.6 Å². The minimum Gasteiger partial charge on any atom is -0.301 e. The van der Waals surface area contributed by atoms with Crippen LogP contribution in [0.2, 0.25) is 5.02 Å². The average molecular weight is 498 g/mol. The highest BCUT2D eigenvalue weighted by atomic mass is 35.5. The van der Waals surface area contributed by atoms with Crippen molar-refractivity contribution >= 4 is 23.3 Å². The highest BCUT2D eigenvalue weighted by Crippen LogP contribution is 2.23. The van der Waals surface area contributed by atoms with Crippen LogP contribution in [0, 0.1) is 17.2 Å². The first kappa shape index (κ1) is 26.9. The average Bonchev–Trinajstić information content (AvgIpc) is 2.86. The zero-order valence-corrected chi connectivity index (χ0v) is 21.9. The second kappa shape index (κ2) is 12.8. The number of benzene rings is 1. The van der Waals surface area contributed by atoms with Crippen LogP contribution in [-0.4, -0.2) is 64.4 Å². The van der Waals surface area contributed by atoms with Gasteiger partial charge in [-0.15, -0.1) is 0 Å². The largest absolute Gasteiger partial charge is 0.301 e. The van der Waals surface area contributed by atoms with E-state index in [0.717, 1.165) is 32.7 Å². The number of carbonyl (C=O) groups excluding carboxylic acids is 1. The molecular formula is C26H36ClN7O. The summed E-state index contributed by atoms with van der Waals surface area (Å²) in [5.41, 5.74) is 4.64. The number of aromatic nitrogens is 2. The third-order valence-electron chi connectivity index (χ3n) is 6.37. The quantitative estimate of drug-likeness (QED) is 0.494. The number of hydrogen-bond acceptors (Lipinski definition) is 7. The Morgan fingerprint density at radius 1 is 1.23 bits per heavy atom. The Morgan fingerprint density at radius 3 is 2.46 bits per heavy atom. The molecule has 188 valence electrons. The Hall–Kier alpha value is -2.73. The molecule has 0 aliphatic carbocycles.